The molecular weight excluding hydrogens is 403 g/mol. The third-order valence-electron chi connectivity index (χ3n) is 7.21. The Balaban J connectivity index is 1.43. The SMILES string of the molecule is O=S(=O)(Cc1cccc(F)c1)N1CC(c2nncn2CC2CC2)C2(CCCCC2)C1. The molecule has 1 spiro atoms. The lowest BCUT2D eigenvalue weighted by Crippen LogP contribution is -2.35. The second-order valence-corrected chi connectivity index (χ2v) is 11.4. The molecule has 0 amide bonds. The highest BCUT2D eigenvalue weighted by atomic mass is 32.2. The van der Waals surface area contributed by atoms with Crippen LogP contribution in [-0.2, 0) is 22.3 Å². The zero-order valence-electron chi connectivity index (χ0n) is 17.2. The number of rotatable bonds is 6. The van der Waals surface area contributed by atoms with Crippen molar-refractivity contribution in [2.75, 3.05) is 13.1 Å². The summed E-state index contributed by atoms with van der Waals surface area (Å²) in [6, 6.07) is 5.90. The molecule has 2 heterocycles. The molecule has 3 fully saturated rings. The van der Waals surface area contributed by atoms with Crippen molar-refractivity contribution in [2.45, 2.75) is 63.2 Å². The molecule has 6 nitrogen and oxygen atoms in total. The Kier molecular flexibility index (Phi) is 5.17. The minimum atomic E-state index is -3.54. The lowest BCUT2D eigenvalue weighted by Gasteiger charge is -2.37. The van der Waals surface area contributed by atoms with Crippen molar-refractivity contribution in [3.63, 3.8) is 0 Å². The van der Waals surface area contributed by atoms with Crippen molar-refractivity contribution in [1.82, 2.24) is 19.1 Å². The second kappa shape index (κ2) is 7.71. The first kappa shape index (κ1) is 20.1. The molecule has 2 aromatic rings. The smallest absolute Gasteiger partial charge is 0.218 e. The monoisotopic (exact) mass is 432 g/mol. The van der Waals surface area contributed by atoms with Crippen LogP contribution in [0.1, 0.15) is 62.3 Å². The van der Waals surface area contributed by atoms with Crippen LogP contribution in [0.3, 0.4) is 0 Å². The van der Waals surface area contributed by atoms with E-state index in [0.29, 0.717) is 24.6 Å². The fraction of sp³-hybridized carbons (Fsp3) is 0.636. The first-order valence-corrected chi connectivity index (χ1v) is 12.7. The molecule has 0 bridgehead atoms. The molecule has 3 aliphatic rings. The Labute approximate surface area is 177 Å². The normalized spacial score (nSPS) is 24.5. The molecule has 1 saturated heterocycles. The minimum Gasteiger partial charge on any atom is -0.317 e. The van der Waals surface area contributed by atoms with Crippen LogP contribution in [0, 0.1) is 17.2 Å². The number of nitrogens with zero attached hydrogens (tertiary/aromatic N) is 4. The minimum absolute atomic E-state index is 0.0679. The molecule has 5 rings (SSSR count). The lowest BCUT2D eigenvalue weighted by molar-refractivity contribution is 0.176. The Morgan fingerprint density at radius 2 is 1.97 bits per heavy atom. The summed E-state index contributed by atoms with van der Waals surface area (Å²) in [6.07, 6.45) is 9.84. The van der Waals surface area contributed by atoms with Gasteiger partial charge in [-0.15, -0.1) is 10.2 Å². The molecule has 8 heteroatoms. The first-order valence-electron chi connectivity index (χ1n) is 11.1. The molecule has 2 aliphatic carbocycles. The van der Waals surface area contributed by atoms with Gasteiger partial charge >= 0.3 is 0 Å². The number of hydrogen-bond donors (Lipinski definition) is 0. The predicted octanol–water partition coefficient (Wildman–Crippen LogP) is 3.71. The van der Waals surface area contributed by atoms with Gasteiger partial charge < -0.3 is 4.57 Å². The molecule has 2 saturated carbocycles. The van der Waals surface area contributed by atoms with Gasteiger partial charge in [-0.1, -0.05) is 31.4 Å². The van der Waals surface area contributed by atoms with Gasteiger partial charge in [-0.25, -0.2) is 17.1 Å². The Morgan fingerprint density at radius 1 is 1.17 bits per heavy atom. The van der Waals surface area contributed by atoms with Gasteiger partial charge in [0.1, 0.15) is 18.0 Å². The van der Waals surface area contributed by atoms with Gasteiger partial charge in [0, 0.05) is 25.6 Å². The molecule has 1 atom stereocenters. The van der Waals surface area contributed by atoms with Gasteiger partial charge in [0.2, 0.25) is 10.0 Å². The van der Waals surface area contributed by atoms with E-state index in [-0.39, 0.29) is 17.1 Å². The second-order valence-electron chi connectivity index (χ2n) is 9.44. The van der Waals surface area contributed by atoms with Gasteiger partial charge in [-0.2, -0.15) is 0 Å². The Hall–Kier alpha value is -1.80. The maximum atomic E-state index is 13.6. The number of hydrogen-bond acceptors (Lipinski definition) is 4. The first-order chi connectivity index (χ1) is 14.5. The van der Waals surface area contributed by atoms with E-state index >= 15 is 0 Å². The molecular formula is C22H29FN4O2S. The van der Waals surface area contributed by atoms with E-state index in [0.717, 1.165) is 38.1 Å². The van der Waals surface area contributed by atoms with Gasteiger partial charge in [0.15, 0.2) is 0 Å². The molecule has 162 valence electrons. The highest BCUT2D eigenvalue weighted by Crippen LogP contribution is 2.52. The summed E-state index contributed by atoms with van der Waals surface area (Å²) in [7, 11) is -3.54. The fourth-order valence-electron chi connectivity index (χ4n) is 5.43. The summed E-state index contributed by atoms with van der Waals surface area (Å²) < 4.78 is 44.0. The van der Waals surface area contributed by atoms with Crippen LogP contribution in [0.4, 0.5) is 4.39 Å². The average Bonchev–Trinajstić information content (AvgIpc) is 3.28. The largest absolute Gasteiger partial charge is 0.317 e. The van der Waals surface area contributed by atoms with Crippen LogP contribution in [0.15, 0.2) is 30.6 Å². The van der Waals surface area contributed by atoms with Crippen LogP contribution in [0.2, 0.25) is 0 Å². The quantitative estimate of drug-likeness (QED) is 0.698. The van der Waals surface area contributed by atoms with Gasteiger partial charge in [-0.3, -0.25) is 0 Å². The van der Waals surface area contributed by atoms with Crippen LogP contribution in [0.25, 0.3) is 0 Å². The zero-order chi connectivity index (χ0) is 20.8. The van der Waals surface area contributed by atoms with E-state index in [1.807, 2.05) is 6.33 Å². The van der Waals surface area contributed by atoms with E-state index in [2.05, 4.69) is 14.8 Å². The summed E-state index contributed by atoms with van der Waals surface area (Å²) in [4.78, 5) is 0. The summed E-state index contributed by atoms with van der Waals surface area (Å²) in [6.45, 7) is 1.91. The molecule has 0 radical (unpaired) electrons. The van der Waals surface area contributed by atoms with E-state index in [4.69, 9.17) is 0 Å². The van der Waals surface area contributed by atoms with Crippen molar-refractivity contribution in [1.29, 1.82) is 0 Å². The van der Waals surface area contributed by atoms with E-state index < -0.39 is 15.8 Å². The highest BCUT2D eigenvalue weighted by molar-refractivity contribution is 7.88. The topological polar surface area (TPSA) is 68.1 Å². The van der Waals surface area contributed by atoms with Crippen LogP contribution in [-0.4, -0.2) is 40.6 Å². The van der Waals surface area contributed by atoms with E-state index in [1.165, 1.54) is 31.4 Å². The molecule has 30 heavy (non-hydrogen) atoms. The van der Waals surface area contributed by atoms with Crippen LogP contribution in [0.5, 0.6) is 0 Å². The number of benzene rings is 1. The maximum Gasteiger partial charge on any atom is 0.218 e. The van der Waals surface area contributed by atoms with Gasteiger partial charge in [0.25, 0.3) is 0 Å². The third-order valence-corrected chi connectivity index (χ3v) is 8.97. The number of aromatic nitrogens is 3. The highest BCUT2D eigenvalue weighted by Gasteiger charge is 2.52. The van der Waals surface area contributed by atoms with E-state index in [9.17, 15) is 12.8 Å². The Morgan fingerprint density at radius 3 is 2.70 bits per heavy atom. The van der Waals surface area contributed by atoms with E-state index in [1.54, 1.807) is 16.4 Å². The van der Waals surface area contributed by atoms with Crippen molar-refractivity contribution in [3.8, 4) is 0 Å². The number of sulfonamides is 1. The maximum absolute atomic E-state index is 13.6. The van der Waals surface area contributed by atoms with Gasteiger partial charge in [0.05, 0.1) is 5.75 Å². The standard InChI is InChI=1S/C22H29FN4O2S/c23-19-6-4-5-18(11-19)14-30(28,29)27-13-20(22(15-27)9-2-1-3-10-22)21-25-24-16-26(21)12-17-7-8-17/h4-6,11,16-17,20H,1-3,7-10,12-15H2. The molecule has 1 aromatic heterocycles. The van der Waals surface area contributed by atoms with Crippen molar-refractivity contribution in [3.05, 3.63) is 47.8 Å². The van der Waals surface area contributed by atoms with Crippen molar-refractivity contribution < 1.29 is 12.8 Å². The molecule has 1 aromatic carbocycles. The Bertz CT molecular complexity index is 1010. The molecule has 1 aliphatic heterocycles. The fourth-order valence-corrected chi connectivity index (χ4v) is 7.05. The summed E-state index contributed by atoms with van der Waals surface area (Å²) in [5, 5.41) is 8.68. The van der Waals surface area contributed by atoms with Gasteiger partial charge in [-0.05, 0) is 54.7 Å². The van der Waals surface area contributed by atoms with Crippen molar-refractivity contribution >= 4 is 10.0 Å². The summed E-state index contributed by atoms with van der Waals surface area (Å²) in [5.41, 5.74) is 0.426. The summed E-state index contributed by atoms with van der Waals surface area (Å²) >= 11 is 0. The molecule has 0 N–H and O–H groups in total. The van der Waals surface area contributed by atoms with Crippen LogP contribution >= 0.6 is 0 Å². The number of halogens is 1. The zero-order valence-corrected chi connectivity index (χ0v) is 18.0. The van der Waals surface area contributed by atoms with Crippen molar-refractivity contribution in [2.24, 2.45) is 11.3 Å². The summed E-state index contributed by atoms with van der Waals surface area (Å²) in [5.74, 6) is 1.16. The third kappa shape index (κ3) is 3.91. The molecule has 1 unspecified atom stereocenters. The predicted molar refractivity (Wildman–Crippen MR) is 112 cm³/mol. The lowest BCUT2D eigenvalue weighted by atomic mass is 9.67. The average molecular weight is 433 g/mol. The van der Waals surface area contributed by atoms with Crippen LogP contribution < -0.4 is 0 Å².